The number of carbonyl (C=O) groups is 2. The van der Waals surface area contributed by atoms with Gasteiger partial charge in [-0.25, -0.2) is 23.5 Å². The molecule has 0 saturated carbocycles. The fourth-order valence-electron chi connectivity index (χ4n) is 3.03. The molecule has 2 amide bonds. The number of primary amides is 1. The fraction of sp³-hybridized carbons (Fsp3) is 0.438. The summed E-state index contributed by atoms with van der Waals surface area (Å²) in [5, 5.41) is 2.71. The van der Waals surface area contributed by atoms with Crippen LogP contribution in [0.3, 0.4) is 0 Å². The van der Waals surface area contributed by atoms with E-state index in [1.807, 2.05) is 0 Å². The molecule has 1 saturated heterocycles. The minimum absolute atomic E-state index is 0.0190. The van der Waals surface area contributed by atoms with E-state index in [4.69, 9.17) is 15.2 Å². The highest BCUT2D eigenvalue weighted by molar-refractivity contribution is 7.19. The molecule has 2 aliphatic heterocycles. The number of hydrogen-bond acceptors (Lipinski definition) is 7. The van der Waals surface area contributed by atoms with Gasteiger partial charge in [-0.15, -0.1) is 11.3 Å². The second-order valence-corrected chi connectivity index (χ2v) is 7.51. The summed E-state index contributed by atoms with van der Waals surface area (Å²) in [6.07, 6.45) is -2.31. The van der Waals surface area contributed by atoms with Gasteiger partial charge in [0.15, 0.2) is 23.2 Å². The van der Waals surface area contributed by atoms with Crippen molar-refractivity contribution in [2.75, 3.05) is 23.4 Å². The van der Waals surface area contributed by atoms with Crippen LogP contribution in [0.5, 0.6) is 5.75 Å². The first kappa shape index (κ1) is 19.4. The molecule has 0 aliphatic carbocycles. The van der Waals surface area contributed by atoms with E-state index in [2.05, 4.69) is 10.3 Å². The van der Waals surface area contributed by atoms with Crippen molar-refractivity contribution in [1.29, 1.82) is 0 Å². The summed E-state index contributed by atoms with van der Waals surface area (Å²) in [5.41, 5.74) is 5.20. The second kappa shape index (κ2) is 7.13. The van der Waals surface area contributed by atoms with Crippen molar-refractivity contribution < 1.29 is 32.2 Å². The topological polar surface area (TPSA) is 112 Å². The molecule has 4 rings (SSSR count). The van der Waals surface area contributed by atoms with Gasteiger partial charge >= 0.3 is 6.09 Å². The lowest BCUT2D eigenvalue weighted by Crippen LogP contribution is -2.38. The summed E-state index contributed by atoms with van der Waals surface area (Å²) in [6.45, 7) is 1.40. The average Bonchev–Trinajstić information content (AvgIpc) is 3.29. The van der Waals surface area contributed by atoms with Gasteiger partial charge in [0.1, 0.15) is 35.2 Å². The van der Waals surface area contributed by atoms with Gasteiger partial charge in [0.05, 0.1) is 6.54 Å². The number of aromatic nitrogens is 2. The summed E-state index contributed by atoms with van der Waals surface area (Å²) in [4.78, 5) is 28.6. The molecule has 2 atom stereocenters. The molecule has 0 radical (unpaired) electrons. The molecule has 2 aromatic heterocycles. The quantitative estimate of drug-likeness (QED) is 0.749. The van der Waals surface area contributed by atoms with E-state index in [0.717, 1.165) is 16.2 Å². The number of cyclic esters (lactones) is 1. The molecule has 13 heteroatoms. The molecular formula is C16H16F3N5O4S. The Morgan fingerprint density at radius 2 is 2.21 bits per heavy atom. The SMILES string of the molecule is CC(Nc1sc2c(c1F)OCCn1cc(N3C(=O)OC[C@H]3C(F)F)nc1-2)C(N)=O. The number of imidazole rings is 1. The van der Waals surface area contributed by atoms with Crippen molar-refractivity contribution in [1.82, 2.24) is 9.55 Å². The minimum Gasteiger partial charge on any atom is -0.487 e. The number of alkyl halides is 2. The molecule has 1 fully saturated rings. The number of thiophene rings is 1. The average molecular weight is 431 g/mol. The number of carbonyl (C=O) groups excluding carboxylic acids is 2. The standard InChI is InChI=1S/C16H16F3N5O4S/c1-6(13(20)25)21-15-9(17)10-11(29-15)14-22-8(4-23(14)2-3-27-10)24-7(12(18)19)5-28-16(24)26/h4,6-7,12,21H,2-3,5H2,1H3,(H2,20,25)/t6?,7-/m0/s1. The molecule has 2 aliphatic rings. The number of amides is 2. The molecule has 4 heterocycles. The first-order chi connectivity index (χ1) is 13.8. The molecule has 29 heavy (non-hydrogen) atoms. The van der Waals surface area contributed by atoms with E-state index in [9.17, 15) is 22.8 Å². The van der Waals surface area contributed by atoms with Crippen LogP contribution in [0.25, 0.3) is 10.7 Å². The third-order valence-corrected chi connectivity index (χ3v) is 5.65. The summed E-state index contributed by atoms with van der Waals surface area (Å²) in [6, 6.07) is -2.28. The van der Waals surface area contributed by atoms with E-state index in [-0.39, 0.29) is 35.5 Å². The Bertz CT molecular complexity index is 978. The van der Waals surface area contributed by atoms with Crippen LogP contribution in [-0.2, 0) is 16.1 Å². The maximum Gasteiger partial charge on any atom is 0.416 e. The van der Waals surface area contributed by atoms with Gasteiger partial charge in [-0.1, -0.05) is 0 Å². The van der Waals surface area contributed by atoms with Crippen LogP contribution < -0.4 is 20.7 Å². The third-order valence-electron chi connectivity index (χ3n) is 4.57. The Kier molecular flexibility index (Phi) is 4.76. The lowest BCUT2D eigenvalue weighted by Gasteiger charge is -2.17. The monoisotopic (exact) mass is 431 g/mol. The van der Waals surface area contributed by atoms with Crippen LogP contribution in [-0.4, -0.2) is 53.3 Å². The number of nitrogens with one attached hydrogen (secondary N) is 1. The van der Waals surface area contributed by atoms with Gasteiger partial charge in [0, 0.05) is 6.20 Å². The van der Waals surface area contributed by atoms with Crippen LogP contribution >= 0.6 is 11.3 Å². The first-order valence-corrected chi connectivity index (χ1v) is 9.42. The summed E-state index contributed by atoms with van der Waals surface area (Å²) >= 11 is 0.942. The Labute approximate surface area is 166 Å². The van der Waals surface area contributed by atoms with Gasteiger partial charge < -0.3 is 25.1 Å². The highest BCUT2D eigenvalue weighted by Gasteiger charge is 2.42. The maximum atomic E-state index is 14.8. The van der Waals surface area contributed by atoms with Crippen molar-refractivity contribution in [2.24, 2.45) is 5.73 Å². The van der Waals surface area contributed by atoms with Crippen LogP contribution in [0.2, 0.25) is 0 Å². The van der Waals surface area contributed by atoms with Gasteiger partial charge in [0.2, 0.25) is 5.91 Å². The van der Waals surface area contributed by atoms with Crippen molar-refractivity contribution in [3.8, 4) is 16.5 Å². The molecule has 3 N–H and O–H groups in total. The number of anilines is 2. The lowest BCUT2D eigenvalue weighted by atomic mass is 10.3. The van der Waals surface area contributed by atoms with Crippen LogP contribution in [0.4, 0.5) is 28.8 Å². The summed E-state index contributed by atoms with van der Waals surface area (Å²) < 4.78 is 53.1. The fourth-order valence-corrected chi connectivity index (χ4v) is 4.15. The molecule has 0 bridgehead atoms. The molecule has 0 aromatic carbocycles. The largest absolute Gasteiger partial charge is 0.487 e. The Morgan fingerprint density at radius 1 is 1.45 bits per heavy atom. The minimum atomic E-state index is -2.81. The first-order valence-electron chi connectivity index (χ1n) is 8.60. The van der Waals surface area contributed by atoms with Crippen LogP contribution in [0, 0.1) is 5.82 Å². The van der Waals surface area contributed by atoms with E-state index < -0.39 is 42.9 Å². The number of fused-ring (bicyclic) bond motifs is 3. The zero-order valence-corrected chi connectivity index (χ0v) is 15.8. The highest BCUT2D eigenvalue weighted by Crippen LogP contribution is 2.46. The van der Waals surface area contributed by atoms with Gasteiger partial charge in [0.25, 0.3) is 6.43 Å². The van der Waals surface area contributed by atoms with Crippen molar-refractivity contribution >= 4 is 34.2 Å². The van der Waals surface area contributed by atoms with Gasteiger partial charge in [-0.05, 0) is 6.92 Å². The zero-order chi connectivity index (χ0) is 20.9. The smallest absolute Gasteiger partial charge is 0.416 e. The van der Waals surface area contributed by atoms with E-state index in [1.54, 1.807) is 4.57 Å². The predicted octanol–water partition coefficient (Wildman–Crippen LogP) is 2.02. The number of hydrogen-bond donors (Lipinski definition) is 2. The van der Waals surface area contributed by atoms with Crippen molar-refractivity contribution in [2.45, 2.75) is 32.0 Å². The molecule has 156 valence electrons. The van der Waals surface area contributed by atoms with Crippen LogP contribution in [0.1, 0.15) is 6.92 Å². The molecular weight excluding hydrogens is 415 g/mol. The lowest BCUT2D eigenvalue weighted by molar-refractivity contribution is -0.118. The molecule has 1 unspecified atom stereocenters. The van der Waals surface area contributed by atoms with Gasteiger partial charge in [-0.3, -0.25) is 4.79 Å². The maximum absolute atomic E-state index is 14.8. The normalized spacial score (nSPS) is 19.3. The zero-order valence-electron chi connectivity index (χ0n) is 15.0. The van der Waals surface area contributed by atoms with E-state index in [1.165, 1.54) is 13.1 Å². The van der Waals surface area contributed by atoms with Gasteiger partial charge in [-0.2, -0.15) is 4.39 Å². The van der Waals surface area contributed by atoms with Crippen molar-refractivity contribution in [3.63, 3.8) is 0 Å². The number of nitrogens with zero attached hydrogens (tertiary/aromatic N) is 3. The molecule has 9 nitrogen and oxygen atoms in total. The molecule has 2 aromatic rings. The van der Waals surface area contributed by atoms with E-state index in [0.29, 0.717) is 4.88 Å². The third kappa shape index (κ3) is 3.24. The Morgan fingerprint density at radius 3 is 2.90 bits per heavy atom. The summed E-state index contributed by atoms with van der Waals surface area (Å²) in [7, 11) is 0. The van der Waals surface area contributed by atoms with Crippen LogP contribution in [0.15, 0.2) is 6.20 Å². The number of rotatable bonds is 5. The van der Waals surface area contributed by atoms with E-state index >= 15 is 0 Å². The number of nitrogens with two attached hydrogens (primary N) is 1. The molecule has 0 spiro atoms. The number of ether oxygens (including phenoxy) is 2. The predicted molar refractivity (Wildman–Crippen MR) is 96.9 cm³/mol. The van der Waals surface area contributed by atoms with Crippen molar-refractivity contribution in [3.05, 3.63) is 12.0 Å². The highest BCUT2D eigenvalue weighted by atomic mass is 32.1. The number of halogens is 3. The second-order valence-electron chi connectivity index (χ2n) is 6.49. The Hall–Kier alpha value is -2.96. The Balaban J connectivity index is 1.74. The summed E-state index contributed by atoms with van der Waals surface area (Å²) in [5.74, 6) is -1.21.